The lowest BCUT2D eigenvalue weighted by molar-refractivity contribution is -0.385. The Morgan fingerprint density at radius 2 is 2.11 bits per heavy atom. The topological polar surface area (TPSA) is 55.2 Å². The second kappa shape index (κ2) is 5.70. The minimum atomic E-state index is -0.309. The predicted molar refractivity (Wildman–Crippen MR) is 76.0 cm³/mol. The summed E-state index contributed by atoms with van der Waals surface area (Å²) in [5, 5.41) is 14.4. The van der Waals surface area contributed by atoms with Crippen molar-refractivity contribution in [1.82, 2.24) is 5.32 Å². The molecule has 0 atom stereocenters. The van der Waals surface area contributed by atoms with Crippen molar-refractivity contribution in [3.63, 3.8) is 0 Å². The Hall–Kier alpha value is -1.42. The van der Waals surface area contributed by atoms with Crippen molar-refractivity contribution in [3.05, 3.63) is 39.4 Å². The van der Waals surface area contributed by atoms with Crippen LogP contribution in [0.2, 0.25) is 0 Å². The molecule has 1 aromatic carbocycles. The van der Waals surface area contributed by atoms with Gasteiger partial charge in [0.25, 0.3) is 5.69 Å². The number of nitrogens with zero attached hydrogens (tertiary/aromatic N) is 1. The van der Waals surface area contributed by atoms with Crippen LogP contribution in [-0.4, -0.2) is 11.0 Å². The molecule has 1 aliphatic rings. The van der Waals surface area contributed by atoms with Crippen LogP contribution in [0.15, 0.2) is 18.2 Å². The maximum atomic E-state index is 10.9. The molecule has 1 saturated carbocycles. The minimum Gasteiger partial charge on any atom is -0.310 e. The third-order valence-electron chi connectivity index (χ3n) is 4.31. The first-order valence-electron chi connectivity index (χ1n) is 6.95. The van der Waals surface area contributed by atoms with Gasteiger partial charge in [-0.05, 0) is 37.2 Å². The fourth-order valence-corrected chi connectivity index (χ4v) is 2.69. The number of nitro benzene ring substituents is 1. The van der Waals surface area contributed by atoms with Crippen molar-refractivity contribution in [1.29, 1.82) is 0 Å². The lowest BCUT2D eigenvalue weighted by Gasteiger charge is -2.38. The molecule has 104 valence electrons. The van der Waals surface area contributed by atoms with Crippen LogP contribution in [-0.2, 0) is 6.54 Å². The highest BCUT2D eigenvalue weighted by Gasteiger charge is 2.30. The van der Waals surface area contributed by atoms with Crippen molar-refractivity contribution in [2.45, 2.75) is 46.2 Å². The summed E-state index contributed by atoms with van der Waals surface area (Å²) in [6.07, 6.45) is 2.46. The number of benzene rings is 1. The Morgan fingerprint density at radius 1 is 1.42 bits per heavy atom. The molecule has 4 nitrogen and oxygen atoms in total. The summed E-state index contributed by atoms with van der Waals surface area (Å²) in [5.74, 6) is 1.60. The maximum Gasteiger partial charge on any atom is 0.272 e. The largest absolute Gasteiger partial charge is 0.310 e. The Labute approximate surface area is 114 Å². The summed E-state index contributed by atoms with van der Waals surface area (Å²) in [5.41, 5.74) is 2.02. The molecule has 0 unspecified atom stereocenters. The fourth-order valence-electron chi connectivity index (χ4n) is 2.69. The molecule has 0 aromatic heterocycles. The van der Waals surface area contributed by atoms with Gasteiger partial charge in [-0.15, -0.1) is 0 Å². The lowest BCUT2D eigenvalue weighted by Crippen LogP contribution is -2.42. The normalized spacial score (nSPS) is 22.3. The zero-order chi connectivity index (χ0) is 14.0. The van der Waals surface area contributed by atoms with Crippen molar-refractivity contribution in [3.8, 4) is 0 Å². The molecule has 0 spiro atoms. The summed E-state index contributed by atoms with van der Waals surface area (Å²) >= 11 is 0. The van der Waals surface area contributed by atoms with Crippen molar-refractivity contribution >= 4 is 5.69 Å². The first-order valence-corrected chi connectivity index (χ1v) is 6.95. The van der Waals surface area contributed by atoms with Gasteiger partial charge in [0.2, 0.25) is 0 Å². The molecular formula is C15H22N2O2. The predicted octanol–water partition coefficient (Wildman–Crippen LogP) is 3.43. The Balaban J connectivity index is 1.91. The van der Waals surface area contributed by atoms with Gasteiger partial charge in [-0.2, -0.15) is 0 Å². The van der Waals surface area contributed by atoms with Gasteiger partial charge in [-0.25, -0.2) is 0 Å². The van der Waals surface area contributed by atoms with Gasteiger partial charge >= 0.3 is 0 Å². The van der Waals surface area contributed by atoms with Crippen LogP contribution in [0.3, 0.4) is 0 Å². The average molecular weight is 262 g/mol. The van der Waals surface area contributed by atoms with E-state index < -0.39 is 0 Å². The number of nitro groups is 1. The van der Waals surface area contributed by atoms with Crippen molar-refractivity contribution in [2.24, 2.45) is 11.8 Å². The van der Waals surface area contributed by atoms with E-state index in [1.54, 1.807) is 12.1 Å². The molecule has 19 heavy (non-hydrogen) atoms. The average Bonchev–Trinajstić information content (AvgIpc) is 2.28. The van der Waals surface area contributed by atoms with Gasteiger partial charge < -0.3 is 5.32 Å². The van der Waals surface area contributed by atoms with Gasteiger partial charge in [0.1, 0.15) is 0 Å². The lowest BCUT2D eigenvalue weighted by atomic mass is 9.73. The number of hydrogen-bond donors (Lipinski definition) is 1. The fraction of sp³-hybridized carbons (Fsp3) is 0.600. The third kappa shape index (κ3) is 3.13. The van der Waals surface area contributed by atoms with E-state index >= 15 is 0 Å². The molecule has 0 amide bonds. The monoisotopic (exact) mass is 262 g/mol. The highest BCUT2D eigenvalue weighted by atomic mass is 16.6. The molecule has 2 rings (SSSR count). The molecule has 0 aliphatic heterocycles. The minimum absolute atomic E-state index is 0.216. The smallest absolute Gasteiger partial charge is 0.272 e. The van der Waals surface area contributed by atoms with E-state index in [2.05, 4.69) is 19.2 Å². The molecular weight excluding hydrogens is 240 g/mol. The zero-order valence-corrected chi connectivity index (χ0v) is 11.8. The second-order valence-electron chi connectivity index (χ2n) is 5.87. The highest BCUT2D eigenvalue weighted by Crippen LogP contribution is 2.33. The van der Waals surface area contributed by atoms with Crippen molar-refractivity contribution < 1.29 is 4.92 Å². The first kappa shape index (κ1) is 14.0. The number of hydrogen-bond acceptors (Lipinski definition) is 3. The molecule has 1 N–H and O–H groups in total. The van der Waals surface area contributed by atoms with Crippen LogP contribution in [0.4, 0.5) is 5.69 Å². The number of nitrogens with one attached hydrogen (secondary N) is 1. The molecule has 0 heterocycles. The van der Waals surface area contributed by atoms with Gasteiger partial charge in [0.05, 0.1) is 4.92 Å². The molecule has 1 aromatic rings. The van der Waals surface area contributed by atoms with Crippen LogP contribution < -0.4 is 5.32 Å². The van der Waals surface area contributed by atoms with E-state index in [-0.39, 0.29) is 10.6 Å². The van der Waals surface area contributed by atoms with Crippen molar-refractivity contribution in [2.75, 3.05) is 0 Å². The molecule has 4 heteroatoms. The van der Waals surface area contributed by atoms with E-state index in [0.717, 1.165) is 29.5 Å². The van der Waals surface area contributed by atoms with E-state index in [0.29, 0.717) is 6.04 Å². The van der Waals surface area contributed by atoms with Gasteiger partial charge in [0.15, 0.2) is 0 Å². The summed E-state index contributed by atoms with van der Waals surface area (Å²) < 4.78 is 0. The first-order chi connectivity index (χ1) is 8.99. The van der Waals surface area contributed by atoms with Gasteiger partial charge in [0, 0.05) is 24.2 Å². The quantitative estimate of drug-likeness (QED) is 0.653. The maximum absolute atomic E-state index is 10.9. The van der Waals surface area contributed by atoms with Gasteiger partial charge in [-0.3, -0.25) is 10.1 Å². The van der Waals surface area contributed by atoms with Crippen LogP contribution >= 0.6 is 0 Å². The molecule has 0 radical (unpaired) electrons. The Bertz CT molecular complexity index is 465. The van der Waals surface area contributed by atoms with E-state index in [4.69, 9.17) is 0 Å². The molecule has 1 aliphatic carbocycles. The number of rotatable bonds is 5. The van der Waals surface area contributed by atoms with Crippen LogP contribution in [0.25, 0.3) is 0 Å². The molecule has 0 saturated heterocycles. The summed E-state index contributed by atoms with van der Waals surface area (Å²) in [7, 11) is 0. The van der Waals surface area contributed by atoms with Crippen LogP contribution in [0, 0.1) is 28.9 Å². The Morgan fingerprint density at radius 3 is 2.68 bits per heavy atom. The summed E-state index contributed by atoms with van der Waals surface area (Å²) in [4.78, 5) is 10.6. The van der Waals surface area contributed by atoms with Gasteiger partial charge in [-0.1, -0.05) is 26.0 Å². The summed E-state index contributed by atoms with van der Waals surface area (Å²) in [6, 6.07) is 5.87. The van der Waals surface area contributed by atoms with E-state index in [9.17, 15) is 10.1 Å². The summed E-state index contributed by atoms with van der Waals surface area (Å²) in [6.45, 7) is 7.09. The molecule has 1 fully saturated rings. The second-order valence-corrected chi connectivity index (χ2v) is 5.87. The van der Waals surface area contributed by atoms with E-state index in [1.807, 2.05) is 13.0 Å². The third-order valence-corrected chi connectivity index (χ3v) is 4.31. The molecule has 0 bridgehead atoms. The highest BCUT2D eigenvalue weighted by molar-refractivity contribution is 5.44. The standard InChI is InChI=1S/C15H22N2O2/c1-10(2)13-7-14(8-13)16-9-12-5-4-6-15(11(12)3)17(18)19/h4-6,10,13-14,16H,7-9H2,1-3H3. The Kier molecular flexibility index (Phi) is 4.20. The van der Waals surface area contributed by atoms with Crippen LogP contribution in [0.1, 0.15) is 37.8 Å². The SMILES string of the molecule is Cc1c(CNC2CC(C(C)C)C2)cccc1[N+](=O)[O-]. The zero-order valence-electron chi connectivity index (χ0n) is 11.8. The van der Waals surface area contributed by atoms with E-state index in [1.165, 1.54) is 12.8 Å². The van der Waals surface area contributed by atoms with Crippen LogP contribution in [0.5, 0.6) is 0 Å².